The Hall–Kier alpha value is 0.100. The molecule has 0 aliphatic heterocycles. The van der Waals surface area contributed by atoms with Crippen LogP contribution in [-0.2, 0) is 18.6 Å². The SMILES string of the molecule is CCOP(=O)(CC(=O)OC)N(C)CCCBr. The van der Waals surface area contributed by atoms with Crippen LogP contribution in [-0.4, -0.2) is 49.4 Å². The van der Waals surface area contributed by atoms with Gasteiger partial charge in [-0.25, -0.2) is 4.67 Å². The number of ether oxygens (including phenoxy) is 1. The van der Waals surface area contributed by atoms with Gasteiger partial charge in [0.1, 0.15) is 6.16 Å². The lowest BCUT2D eigenvalue weighted by atomic mass is 10.5. The smallest absolute Gasteiger partial charge is 0.316 e. The van der Waals surface area contributed by atoms with Gasteiger partial charge in [0.15, 0.2) is 0 Å². The van der Waals surface area contributed by atoms with Crippen LogP contribution in [0.4, 0.5) is 0 Å². The summed E-state index contributed by atoms with van der Waals surface area (Å²) in [5.41, 5.74) is 0. The van der Waals surface area contributed by atoms with Gasteiger partial charge in [-0.2, -0.15) is 0 Å². The number of esters is 1. The molecule has 0 spiro atoms. The molecule has 0 radical (unpaired) electrons. The molecule has 0 saturated carbocycles. The van der Waals surface area contributed by atoms with Crippen LogP contribution in [0.15, 0.2) is 0 Å². The topological polar surface area (TPSA) is 55.8 Å². The Balaban J connectivity index is 4.53. The summed E-state index contributed by atoms with van der Waals surface area (Å²) in [4.78, 5) is 11.2. The molecule has 1 atom stereocenters. The highest BCUT2D eigenvalue weighted by molar-refractivity contribution is 9.09. The third-order valence-electron chi connectivity index (χ3n) is 2.02. The first-order valence-electron chi connectivity index (χ1n) is 5.08. The second-order valence-corrected chi connectivity index (χ2v) is 6.54. The van der Waals surface area contributed by atoms with E-state index in [1.165, 1.54) is 7.11 Å². The molecule has 5 nitrogen and oxygen atoms in total. The monoisotopic (exact) mass is 315 g/mol. The van der Waals surface area contributed by atoms with E-state index < -0.39 is 13.5 Å². The molecule has 0 rings (SSSR count). The van der Waals surface area contributed by atoms with Gasteiger partial charge in [0.2, 0.25) is 0 Å². The van der Waals surface area contributed by atoms with Gasteiger partial charge in [-0.1, -0.05) is 15.9 Å². The number of carbonyl (C=O) groups excluding carboxylic acids is 1. The largest absolute Gasteiger partial charge is 0.469 e. The van der Waals surface area contributed by atoms with Crippen LogP contribution in [0.2, 0.25) is 0 Å². The van der Waals surface area contributed by atoms with Crippen LogP contribution in [0.3, 0.4) is 0 Å². The van der Waals surface area contributed by atoms with E-state index >= 15 is 0 Å². The average molecular weight is 316 g/mol. The molecule has 0 aliphatic rings. The summed E-state index contributed by atoms with van der Waals surface area (Å²) >= 11 is 3.30. The second kappa shape index (κ2) is 8.23. The second-order valence-electron chi connectivity index (χ2n) is 3.21. The molecule has 0 amide bonds. The Morgan fingerprint density at radius 1 is 1.50 bits per heavy atom. The molecule has 0 heterocycles. The minimum atomic E-state index is -3.07. The van der Waals surface area contributed by atoms with E-state index in [4.69, 9.17) is 4.52 Å². The molecule has 16 heavy (non-hydrogen) atoms. The molecule has 0 N–H and O–H groups in total. The Morgan fingerprint density at radius 3 is 2.56 bits per heavy atom. The maximum Gasteiger partial charge on any atom is 0.316 e. The standard InChI is InChI=1S/C9H19BrNO4P/c1-4-15-16(13,8-9(12)14-3)11(2)7-5-6-10/h4-8H2,1-3H3. The van der Waals surface area contributed by atoms with Gasteiger partial charge >= 0.3 is 5.97 Å². The molecule has 0 aromatic rings. The summed E-state index contributed by atoms with van der Waals surface area (Å²) in [5, 5.41) is 0.821. The maximum absolute atomic E-state index is 12.4. The zero-order valence-corrected chi connectivity index (χ0v) is 12.4. The summed E-state index contributed by atoms with van der Waals surface area (Å²) in [5.74, 6) is -0.512. The third kappa shape index (κ3) is 5.43. The average Bonchev–Trinajstić information content (AvgIpc) is 2.25. The molecule has 1 unspecified atom stereocenters. The van der Waals surface area contributed by atoms with Crippen molar-refractivity contribution >= 4 is 29.4 Å². The Bertz CT molecular complexity index is 262. The van der Waals surface area contributed by atoms with Crippen molar-refractivity contribution in [2.75, 3.05) is 38.8 Å². The zero-order valence-electron chi connectivity index (χ0n) is 9.94. The van der Waals surface area contributed by atoms with Gasteiger partial charge < -0.3 is 9.26 Å². The molecule has 0 fully saturated rings. The van der Waals surface area contributed by atoms with E-state index in [1.54, 1.807) is 18.6 Å². The fourth-order valence-corrected chi connectivity index (χ4v) is 3.22. The van der Waals surface area contributed by atoms with E-state index in [-0.39, 0.29) is 6.16 Å². The minimum Gasteiger partial charge on any atom is -0.469 e. The summed E-state index contributed by atoms with van der Waals surface area (Å²) in [6.07, 6.45) is 0.644. The molecule has 0 aliphatic carbocycles. The number of carbonyl (C=O) groups is 1. The highest BCUT2D eigenvalue weighted by atomic mass is 79.9. The van der Waals surface area contributed by atoms with Gasteiger partial charge in [-0.15, -0.1) is 0 Å². The Kier molecular flexibility index (Phi) is 8.28. The van der Waals surface area contributed by atoms with E-state index in [2.05, 4.69) is 20.7 Å². The molecule has 0 aromatic carbocycles. The molecule has 96 valence electrons. The maximum atomic E-state index is 12.4. The summed E-state index contributed by atoms with van der Waals surface area (Å²) in [6, 6.07) is 0. The van der Waals surface area contributed by atoms with Crippen LogP contribution in [0, 0.1) is 0 Å². The summed E-state index contributed by atoms with van der Waals surface area (Å²) in [6.45, 7) is 2.68. The van der Waals surface area contributed by atoms with Crippen molar-refractivity contribution in [3.05, 3.63) is 0 Å². The van der Waals surface area contributed by atoms with Gasteiger partial charge in [-0.05, 0) is 20.4 Å². The van der Waals surface area contributed by atoms with E-state index in [0.717, 1.165) is 11.8 Å². The first-order valence-corrected chi connectivity index (χ1v) is 7.96. The van der Waals surface area contributed by atoms with Crippen molar-refractivity contribution in [3.63, 3.8) is 0 Å². The number of nitrogens with zero attached hydrogens (tertiary/aromatic N) is 1. The fraction of sp³-hybridized carbons (Fsp3) is 0.889. The summed E-state index contributed by atoms with van der Waals surface area (Å²) in [7, 11) is -0.103. The number of hydrogen-bond acceptors (Lipinski definition) is 4. The van der Waals surface area contributed by atoms with Gasteiger partial charge in [0, 0.05) is 11.9 Å². The van der Waals surface area contributed by atoms with E-state index in [9.17, 15) is 9.36 Å². The first-order chi connectivity index (χ1) is 7.50. The number of methoxy groups -OCH3 is 1. The van der Waals surface area contributed by atoms with Crippen LogP contribution in [0.5, 0.6) is 0 Å². The number of hydrogen-bond donors (Lipinski definition) is 0. The van der Waals surface area contributed by atoms with E-state index in [0.29, 0.717) is 13.2 Å². The molecule has 0 aromatic heterocycles. The van der Waals surface area contributed by atoms with Crippen LogP contribution in [0.1, 0.15) is 13.3 Å². The van der Waals surface area contributed by atoms with Crippen molar-refractivity contribution in [1.29, 1.82) is 0 Å². The molecular weight excluding hydrogens is 297 g/mol. The fourth-order valence-electron chi connectivity index (χ4n) is 1.14. The van der Waals surface area contributed by atoms with Gasteiger partial charge in [0.05, 0.1) is 13.7 Å². The Morgan fingerprint density at radius 2 is 2.12 bits per heavy atom. The highest BCUT2D eigenvalue weighted by Gasteiger charge is 2.31. The third-order valence-corrected chi connectivity index (χ3v) is 5.14. The lowest BCUT2D eigenvalue weighted by molar-refractivity contribution is -0.137. The van der Waals surface area contributed by atoms with Crippen LogP contribution >= 0.6 is 23.4 Å². The van der Waals surface area contributed by atoms with Crippen molar-refractivity contribution in [1.82, 2.24) is 4.67 Å². The zero-order chi connectivity index (χ0) is 12.6. The Labute approximate surface area is 105 Å². The van der Waals surface area contributed by atoms with Gasteiger partial charge in [-0.3, -0.25) is 9.36 Å². The molecular formula is C9H19BrNO4P. The number of alkyl halides is 1. The van der Waals surface area contributed by atoms with Crippen LogP contribution < -0.4 is 0 Å². The van der Waals surface area contributed by atoms with E-state index in [1.807, 2.05) is 0 Å². The normalized spacial score (nSPS) is 14.8. The van der Waals surface area contributed by atoms with Gasteiger partial charge in [0.25, 0.3) is 7.52 Å². The molecule has 7 heteroatoms. The lowest BCUT2D eigenvalue weighted by Gasteiger charge is -2.26. The lowest BCUT2D eigenvalue weighted by Crippen LogP contribution is -2.23. The number of rotatable bonds is 8. The molecule has 0 saturated heterocycles. The summed E-state index contributed by atoms with van der Waals surface area (Å²) < 4.78 is 23.7. The quantitative estimate of drug-likeness (QED) is 0.390. The van der Waals surface area contributed by atoms with Crippen molar-refractivity contribution in [2.45, 2.75) is 13.3 Å². The minimum absolute atomic E-state index is 0.198. The van der Waals surface area contributed by atoms with Crippen molar-refractivity contribution in [3.8, 4) is 0 Å². The number of halogens is 1. The molecule has 0 bridgehead atoms. The van der Waals surface area contributed by atoms with Crippen molar-refractivity contribution < 1.29 is 18.6 Å². The predicted molar refractivity (Wildman–Crippen MR) is 67.2 cm³/mol. The first kappa shape index (κ1) is 16.1. The highest BCUT2D eigenvalue weighted by Crippen LogP contribution is 2.49. The van der Waals surface area contributed by atoms with Crippen LogP contribution in [0.25, 0.3) is 0 Å². The van der Waals surface area contributed by atoms with Crippen molar-refractivity contribution in [2.24, 2.45) is 0 Å². The predicted octanol–water partition coefficient (Wildman–Crippen LogP) is 2.11.